The molecule has 0 aromatic heterocycles. The highest BCUT2D eigenvalue weighted by Crippen LogP contribution is 2.68. The van der Waals surface area contributed by atoms with Crippen LogP contribution in [-0.4, -0.2) is 11.2 Å². The first-order valence-electron chi connectivity index (χ1n) is 9.90. The van der Waals surface area contributed by atoms with Crippen LogP contribution in [0.1, 0.15) is 75.3 Å². The van der Waals surface area contributed by atoms with Gasteiger partial charge in [0.1, 0.15) is 0 Å². The van der Waals surface area contributed by atoms with Crippen LogP contribution in [0.2, 0.25) is 0 Å². The topological polar surface area (TPSA) is 20.2 Å². The predicted octanol–water partition coefficient (Wildman–Crippen LogP) is 5.07. The van der Waals surface area contributed by atoms with Crippen molar-refractivity contribution in [3.05, 3.63) is 35.4 Å². The third-order valence-corrected chi connectivity index (χ3v) is 8.51. The molecular formula is C22H30O. The zero-order valence-corrected chi connectivity index (χ0v) is 14.4. The quantitative estimate of drug-likeness (QED) is 0.709. The Morgan fingerprint density at radius 2 is 1.83 bits per heavy atom. The second kappa shape index (κ2) is 4.85. The zero-order valence-electron chi connectivity index (χ0n) is 14.4. The molecule has 4 aliphatic carbocycles. The van der Waals surface area contributed by atoms with E-state index in [1.807, 2.05) is 0 Å². The van der Waals surface area contributed by atoms with Gasteiger partial charge in [0.2, 0.25) is 0 Å². The van der Waals surface area contributed by atoms with Crippen molar-refractivity contribution in [1.29, 1.82) is 0 Å². The maximum Gasteiger partial charge on any atom is 0.0652 e. The predicted molar refractivity (Wildman–Crippen MR) is 93.3 cm³/mol. The number of rotatable bonds is 0. The second-order valence-corrected chi connectivity index (χ2v) is 9.33. The Morgan fingerprint density at radius 1 is 1.04 bits per heavy atom. The van der Waals surface area contributed by atoms with Crippen LogP contribution in [0.25, 0.3) is 0 Å². The van der Waals surface area contributed by atoms with Crippen LogP contribution in [0.4, 0.5) is 0 Å². The van der Waals surface area contributed by atoms with Crippen molar-refractivity contribution in [2.24, 2.45) is 22.7 Å². The van der Waals surface area contributed by atoms with Crippen molar-refractivity contribution in [3.8, 4) is 0 Å². The summed E-state index contributed by atoms with van der Waals surface area (Å²) in [6.07, 6.45) is 11.7. The summed E-state index contributed by atoms with van der Waals surface area (Å²) in [4.78, 5) is 0. The zero-order chi connectivity index (χ0) is 15.7. The van der Waals surface area contributed by atoms with E-state index in [0.717, 1.165) is 17.8 Å². The third-order valence-electron chi connectivity index (χ3n) is 8.51. The largest absolute Gasteiger partial charge is 0.392 e. The molecule has 1 aromatic rings. The van der Waals surface area contributed by atoms with E-state index < -0.39 is 0 Å². The van der Waals surface area contributed by atoms with Crippen LogP contribution in [0.5, 0.6) is 0 Å². The number of hydrogen-bond acceptors (Lipinski definition) is 1. The number of hydrogen-bond donors (Lipinski definition) is 1. The van der Waals surface area contributed by atoms with Crippen LogP contribution in [0.3, 0.4) is 0 Å². The molecule has 5 rings (SSSR count). The molecule has 0 heterocycles. The Kier molecular flexibility index (Phi) is 3.06. The molecule has 0 saturated heterocycles. The van der Waals surface area contributed by atoms with Gasteiger partial charge in [-0.25, -0.2) is 0 Å². The lowest BCUT2D eigenvalue weighted by atomic mass is 9.55. The van der Waals surface area contributed by atoms with Crippen molar-refractivity contribution in [1.82, 2.24) is 0 Å². The van der Waals surface area contributed by atoms with E-state index in [4.69, 9.17) is 0 Å². The molecule has 23 heavy (non-hydrogen) atoms. The molecule has 0 amide bonds. The standard InChI is InChI=1S/C22H30O/c1-21-13-10-17-16-7-3-2-6-15(16)8-9-18(17)19(21)14-22(20(21)23)11-4-5-12-22/h2-3,6-7,17-20,23H,4-5,8-14H2,1H3/t17-,18-,19+,20-,21+/m0/s1. The summed E-state index contributed by atoms with van der Waals surface area (Å²) in [5.41, 5.74) is 3.72. The molecule has 1 spiro atoms. The smallest absolute Gasteiger partial charge is 0.0652 e. The number of benzene rings is 1. The van der Waals surface area contributed by atoms with Gasteiger partial charge in [-0.05, 0) is 84.7 Å². The fourth-order valence-electron chi connectivity index (χ4n) is 7.40. The highest BCUT2D eigenvalue weighted by atomic mass is 16.3. The van der Waals surface area contributed by atoms with E-state index in [1.54, 1.807) is 11.1 Å². The fourth-order valence-corrected chi connectivity index (χ4v) is 7.40. The molecule has 4 aliphatic rings. The normalized spacial score (nSPS) is 43.9. The lowest BCUT2D eigenvalue weighted by molar-refractivity contribution is -0.0530. The van der Waals surface area contributed by atoms with Gasteiger partial charge in [0.05, 0.1) is 6.10 Å². The minimum Gasteiger partial charge on any atom is -0.392 e. The van der Waals surface area contributed by atoms with Crippen LogP contribution in [-0.2, 0) is 6.42 Å². The maximum atomic E-state index is 11.3. The first-order valence-corrected chi connectivity index (χ1v) is 9.90. The van der Waals surface area contributed by atoms with E-state index in [2.05, 4.69) is 31.2 Å². The van der Waals surface area contributed by atoms with Gasteiger partial charge in [-0.3, -0.25) is 0 Å². The minimum atomic E-state index is -0.0411. The average Bonchev–Trinajstić information content (AvgIpc) is 3.13. The van der Waals surface area contributed by atoms with E-state index in [0.29, 0.717) is 0 Å². The molecule has 5 atom stereocenters. The van der Waals surface area contributed by atoms with Gasteiger partial charge in [-0.2, -0.15) is 0 Å². The van der Waals surface area contributed by atoms with Gasteiger partial charge in [-0.1, -0.05) is 44.0 Å². The van der Waals surface area contributed by atoms with Gasteiger partial charge >= 0.3 is 0 Å². The summed E-state index contributed by atoms with van der Waals surface area (Å²) in [7, 11) is 0. The highest BCUT2D eigenvalue weighted by Gasteiger charge is 2.63. The van der Waals surface area contributed by atoms with Crippen molar-refractivity contribution < 1.29 is 5.11 Å². The molecule has 1 heteroatoms. The van der Waals surface area contributed by atoms with Crippen LogP contribution >= 0.6 is 0 Å². The summed E-state index contributed by atoms with van der Waals surface area (Å²) in [6, 6.07) is 9.18. The lowest BCUT2D eigenvalue weighted by Crippen LogP contribution is -2.45. The van der Waals surface area contributed by atoms with Crippen LogP contribution < -0.4 is 0 Å². The SMILES string of the molecule is C[C@@]12CC[C@H]3c4ccccc4CC[C@@H]3[C@H]1CC1(CCCC1)[C@H]2O. The molecule has 3 fully saturated rings. The van der Waals surface area contributed by atoms with Crippen LogP contribution in [0.15, 0.2) is 24.3 Å². The van der Waals surface area contributed by atoms with E-state index in [9.17, 15) is 5.11 Å². The molecule has 0 unspecified atom stereocenters. The van der Waals surface area contributed by atoms with Gasteiger partial charge in [0.25, 0.3) is 0 Å². The first kappa shape index (κ1) is 14.5. The van der Waals surface area contributed by atoms with Gasteiger partial charge in [-0.15, -0.1) is 0 Å². The Balaban J connectivity index is 1.53. The molecule has 1 aromatic carbocycles. The molecule has 1 N–H and O–H groups in total. The summed E-state index contributed by atoms with van der Waals surface area (Å²) in [5.74, 6) is 2.34. The maximum absolute atomic E-state index is 11.3. The second-order valence-electron chi connectivity index (χ2n) is 9.33. The molecule has 0 bridgehead atoms. The molecule has 3 saturated carbocycles. The Morgan fingerprint density at radius 3 is 2.65 bits per heavy atom. The van der Waals surface area contributed by atoms with Crippen molar-refractivity contribution in [3.63, 3.8) is 0 Å². The lowest BCUT2D eigenvalue weighted by Gasteiger charge is -2.50. The van der Waals surface area contributed by atoms with E-state index in [1.165, 1.54) is 57.8 Å². The molecule has 0 aliphatic heterocycles. The van der Waals surface area contributed by atoms with E-state index >= 15 is 0 Å². The van der Waals surface area contributed by atoms with Gasteiger partial charge in [0.15, 0.2) is 0 Å². The molecule has 0 radical (unpaired) electrons. The third kappa shape index (κ3) is 1.83. The minimum absolute atomic E-state index is 0.0411. The fraction of sp³-hybridized carbons (Fsp3) is 0.727. The Hall–Kier alpha value is -0.820. The summed E-state index contributed by atoms with van der Waals surface area (Å²) < 4.78 is 0. The Labute approximate surface area is 140 Å². The van der Waals surface area contributed by atoms with Gasteiger partial charge < -0.3 is 5.11 Å². The van der Waals surface area contributed by atoms with Crippen molar-refractivity contribution in [2.75, 3.05) is 0 Å². The monoisotopic (exact) mass is 310 g/mol. The highest BCUT2D eigenvalue weighted by molar-refractivity contribution is 5.35. The average molecular weight is 310 g/mol. The number of aryl methyl sites for hydroxylation is 1. The molecule has 124 valence electrons. The molecular weight excluding hydrogens is 280 g/mol. The summed E-state index contributed by atoms with van der Waals surface area (Å²) in [5, 5.41) is 11.3. The van der Waals surface area contributed by atoms with E-state index in [-0.39, 0.29) is 16.9 Å². The first-order chi connectivity index (χ1) is 11.1. The number of fused-ring (bicyclic) bond motifs is 5. The van der Waals surface area contributed by atoms with Crippen LogP contribution in [0, 0.1) is 22.7 Å². The van der Waals surface area contributed by atoms with Crippen molar-refractivity contribution >= 4 is 0 Å². The number of aliphatic hydroxyl groups is 1. The Bertz CT molecular complexity index is 614. The number of aliphatic hydroxyl groups excluding tert-OH is 1. The van der Waals surface area contributed by atoms with Crippen molar-refractivity contribution in [2.45, 2.75) is 76.7 Å². The molecule has 1 nitrogen and oxygen atoms in total. The van der Waals surface area contributed by atoms with Gasteiger partial charge in [0, 0.05) is 0 Å². The summed E-state index contributed by atoms with van der Waals surface area (Å²) in [6.45, 7) is 2.44. The summed E-state index contributed by atoms with van der Waals surface area (Å²) >= 11 is 0.